The van der Waals surface area contributed by atoms with Crippen molar-refractivity contribution >= 4 is 29.4 Å². The zero-order valence-corrected chi connectivity index (χ0v) is 23.6. The first kappa shape index (κ1) is 27.8. The second-order valence-electron chi connectivity index (χ2n) is 11.6. The van der Waals surface area contributed by atoms with Crippen molar-refractivity contribution in [3.05, 3.63) is 41.5 Å². The molecule has 5 aliphatic heterocycles. The number of hydrogen-bond donors (Lipinski definition) is 7. The number of hydrogen-bond acceptors (Lipinski definition) is 13. The van der Waals surface area contributed by atoms with E-state index in [1.807, 2.05) is 12.1 Å². The molecule has 1 aromatic rings. The fraction of sp³-hybridized carbons (Fsp3) is 0.519. The minimum Gasteiger partial charge on any atom is -0.492 e. The van der Waals surface area contributed by atoms with Crippen LogP contribution in [0.4, 0.5) is 0 Å². The molecule has 1 spiro atoms. The second kappa shape index (κ2) is 10.2. The Morgan fingerprint density at radius 2 is 2.07 bits per heavy atom. The Balaban J connectivity index is 1.20. The van der Waals surface area contributed by atoms with E-state index in [0.29, 0.717) is 17.9 Å². The van der Waals surface area contributed by atoms with Crippen LogP contribution in [0.1, 0.15) is 36.2 Å². The van der Waals surface area contributed by atoms with Gasteiger partial charge >= 0.3 is 0 Å². The monoisotopic (exact) mass is 580 g/mol. The Labute approximate surface area is 242 Å². The molecule has 1 saturated heterocycles. The van der Waals surface area contributed by atoms with Gasteiger partial charge in [0.05, 0.1) is 24.3 Å². The topological polar surface area (TPSA) is 213 Å². The highest BCUT2D eigenvalue weighted by molar-refractivity contribution is 6.43. The molecule has 2 amide bonds. The van der Waals surface area contributed by atoms with Gasteiger partial charge in [-0.2, -0.15) is 5.10 Å². The number of nitrogens with zero attached hydrogens (tertiary/aromatic N) is 4. The van der Waals surface area contributed by atoms with E-state index in [2.05, 4.69) is 50.3 Å². The van der Waals surface area contributed by atoms with Gasteiger partial charge in [0.25, 0.3) is 11.8 Å². The summed E-state index contributed by atoms with van der Waals surface area (Å²) in [4.78, 5) is 37.1. The van der Waals surface area contributed by atoms with E-state index in [-0.39, 0.29) is 42.0 Å². The number of carbonyl (C=O) groups excluding carboxylic acids is 2. The molecule has 9 N–H and O–H groups in total. The average Bonchev–Trinajstić information content (AvgIpc) is 3.47. The van der Waals surface area contributed by atoms with E-state index in [0.717, 1.165) is 12.0 Å². The molecule has 0 aliphatic carbocycles. The molecule has 0 saturated carbocycles. The summed E-state index contributed by atoms with van der Waals surface area (Å²) >= 11 is 0. The lowest BCUT2D eigenvalue weighted by Crippen LogP contribution is -2.73. The number of methoxy groups -OCH3 is 1. The van der Waals surface area contributed by atoms with Gasteiger partial charge in [-0.15, -0.1) is 0 Å². The molecular weight excluding hydrogens is 544 g/mol. The first-order chi connectivity index (χ1) is 20.0. The van der Waals surface area contributed by atoms with Crippen LogP contribution in [0.5, 0.6) is 5.75 Å². The third kappa shape index (κ3) is 4.39. The van der Waals surface area contributed by atoms with Crippen LogP contribution < -0.4 is 37.6 Å². The number of nitrogens with one attached hydrogen (secondary N) is 4. The molecule has 224 valence electrons. The van der Waals surface area contributed by atoms with Crippen molar-refractivity contribution in [2.24, 2.45) is 26.6 Å². The summed E-state index contributed by atoms with van der Waals surface area (Å²) < 4.78 is 11.1. The molecule has 0 radical (unpaired) electrons. The standard InChI is InChI=1S/C27H36N10O5/c1-26(2)9-10-42-19-13(5-4-6-14(19)26)22(39)31-17-12-37-25(29)32-16(20-27(37,21(17)38)34-24(28)33-20)11-30-23(40)15-7-8-18(41-3)36-35-15/h4-8,16-18,20-21,36,38H,9-12H2,1-3H3,(H2,29,32)(H,30,40)(H,31,39)(H3,28,33,34)/t16-,17?,18?,20-,21+,27-/m0/s1. The minimum absolute atomic E-state index is 0.0475. The molecule has 15 heteroatoms. The van der Waals surface area contributed by atoms with E-state index in [9.17, 15) is 14.7 Å². The van der Waals surface area contributed by atoms with Gasteiger partial charge in [0, 0.05) is 25.8 Å². The highest BCUT2D eigenvalue weighted by atomic mass is 16.5. The number of nitrogens with two attached hydrogens (primary N) is 2. The van der Waals surface area contributed by atoms with Gasteiger partial charge in [-0.05, 0) is 30.1 Å². The first-order valence-corrected chi connectivity index (χ1v) is 13.8. The molecule has 6 rings (SSSR count). The maximum Gasteiger partial charge on any atom is 0.271 e. The van der Waals surface area contributed by atoms with Crippen molar-refractivity contribution in [3.8, 4) is 5.75 Å². The summed E-state index contributed by atoms with van der Waals surface area (Å²) in [6.45, 7) is 4.96. The lowest BCUT2D eigenvalue weighted by Gasteiger charge is -2.46. The number of hydrazone groups is 1. The zero-order valence-electron chi connectivity index (χ0n) is 23.6. The van der Waals surface area contributed by atoms with Gasteiger partial charge in [0.1, 0.15) is 23.6 Å². The summed E-state index contributed by atoms with van der Waals surface area (Å²) in [5.41, 5.74) is 15.4. The number of guanidine groups is 2. The highest BCUT2D eigenvalue weighted by Crippen LogP contribution is 2.42. The van der Waals surface area contributed by atoms with Gasteiger partial charge in [0.15, 0.2) is 23.8 Å². The zero-order chi connectivity index (χ0) is 29.8. The predicted octanol–water partition coefficient (Wildman–Crippen LogP) is -2.19. The molecule has 5 aliphatic rings. The van der Waals surface area contributed by atoms with Crippen LogP contribution in [-0.4, -0.2) is 102 Å². The van der Waals surface area contributed by atoms with E-state index < -0.39 is 42.0 Å². The maximum atomic E-state index is 13.6. The van der Waals surface area contributed by atoms with E-state index >= 15 is 0 Å². The van der Waals surface area contributed by atoms with E-state index in [4.69, 9.17) is 20.9 Å². The van der Waals surface area contributed by atoms with Crippen LogP contribution in [0, 0.1) is 0 Å². The summed E-state index contributed by atoms with van der Waals surface area (Å²) in [6.07, 6.45) is 2.47. The Morgan fingerprint density at radius 3 is 2.81 bits per heavy atom. The van der Waals surface area contributed by atoms with Crippen molar-refractivity contribution in [3.63, 3.8) is 0 Å². The number of para-hydroxylation sites is 1. The summed E-state index contributed by atoms with van der Waals surface area (Å²) in [5.74, 6) is -0.0329. The van der Waals surface area contributed by atoms with Gasteiger partial charge < -0.3 is 46.9 Å². The molecule has 1 fully saturated rings. The van der Waals surface area contributed by atoms with Gasteiger partial charge in [-0.3, -0.25) is 15.0 Å². The molecule has 15 nitrogen and oxygen atoms in total. The molecule has 5 heterocycles. The predicted molar refractivity (Wildman–Crippen MR) is 154 cm³/mol. The van der Waals surface area contributed by atoms with E-state index in [1.54, 1.807) is 23.1 Å². The van der Waals surface area contributed by atoms with Crippen molar-refractivity contribution in [2.45, 2.75) is 61.8 Å². The van der Waals surface area contributed by atoms with Crippen LogP contribution in [0.15, 0.2) is 45.4 Å². The normalized spacial score (nSPS) is 32.0. The molecular formula is C27H36N10O5. The number of carbonyl (C=O) groups is 2. The largest absolute Gasteiger partial charge is 0.492 e. The Hall–Kier alpha value is -4.37. The molecule has 42 heavy (non-hydrogen) atoms. The minimum atomic E-state index is -1.27. The van der Waals surface area contributed by atoms with Crippen LogP contribution in [-0.2, 0) is 14.9 Å². The number of fused-ring (bicyclic) bond motifs is 1. The van der Waals surface area contributed by atoms with Crippen LogP contribution in [0.2, 0.25) is 0 Å². The fourth-order valence-corrected chi connectivity index (χ4v) is 6.33. The quantitative estimate of drug-likeness (QED) is 0.193. The lowest BCUT2D eigenvalue weighted by atomic mass is 9.79. The van der Waals surface area contributed by atoms with Gasteiger partial charge in [0.2, 0.25) is 0 Å². The number of aliphatic imine (C=N–C) groups is 2. The van der Waals surface area contributed by atoms with E-state index in [1.165, 1.54) is 7.11 Å². The lowest BCUT2D eigenvalue weighted by molar-refractivity contribution is -0.114. The van der Waals surface area contributed by atoms with Crippen molar-refractivity contribution in [2.75, 3.05) is 26.8 Å². The third-order valence-corrected chi connectivity index (χ3v) is 8.63. The van der Waals surface area contributed by atoms with Crippen LogP contribution >= 0.6 is 0 Å². The van der Waals surface area contributed by atoms with Crippen LogP contribution in [0.25, 0.3) is 0 Å². The molecule has 0 aromatic heterocycles. The number of amides is 2. The molecule has 2 unspecified atom stereocenters. The number of aliphatic hydroxyl groups is 1. The highest BCUT2D eigenvalue weighted by Gasteiger charge is 2.65. The van der Waals surface area contributed by atoms with Crippen LogP contribution in [0.3, 0.4) is 0 Å². The number of rotatable bonds is 6. The summed E-state index contributed by atoms with van der Waals surface area (Å²) in [7, 11) is 1.52. The van der Waals surface area contributed by atoms with Crippen molar-refractivity contribution in [1.82, 2.24) is 26.3 Å². The first-order valence-electron chi connectivity index (χ1n) is 13.8. The summed E-state index contributed by atoms with van der Waals surface area (Å²) in [6, 6.07) is 3.41. The number of aliphatic hydroxyl groups excluding tert-OH is 1. The number of benzene rings is 1. The number of ether oxygens (including phenoxy) is 2. The third-order valence-electron chi connectivity index (χ3n) is 8.63. The SMILES string of the molecule is COC1C=CC(C(=O)NC[C@@H]2N=C(N)N3CC(NC(=O)c4cccc5c4OCCC5(C)C)[C@@H](O)[C@@]34NC(N)=N[C@@H]24)=NN1. The smallest absolute Gasteiger partial charge is 0.271 e. The maximum absolute atomic E-state index is 13.6. The van der Waals surface area contributed by atoms with Gasteiger partial charge in [-0.25, -0.2) is 9.98 Å². The fourth-order valence-electron chi connectivity index (χ4n) is 6.33. The second-order valence-corrected chi connectivity index (χ2v) is 11.6. The Morgan fingerprint density at radius 1 is 1.26 bits per heavy atom. The van der Waals surface area contributed by atoms with Crippen molar-refractivity contribution in [1.29, 1.82) is 0 Å². The Kier molecular flexibility index (Phi) is 6.73. The summed E-state index contributed by atoms with van der Waals surface area (Å²) in [5, 5.41) is 24.6. The molecule has 6 atom stereocenters. The van der Waals surface area contributed by atoms with Gasteiger partial charge in [-0.1, -0.05) is 26.0 Å². The molecule has 1 aromatic carbocycles. The van der Waals surface area contributed by atoms with Crippen molar-refractivity contribution < 1.29 is 24.2 Å². The average molecular weight is 581 g/mol. The molecule has 0 bridgehead atoms. The Bertz CT molecular complexity index is 1420.